The van der Waals surface area contributed by atoms with Gasteiger partial charge in [0.1, 0.15) is 0 Å². The van der Waals surface area contributed by atoms with Crippen molar-refractivity contribution in [2.75, 3.05) is 0 Å². The monoisotopic (exact) mass is 233 g/mol. The smallest absolute Gasteiger partial charge is 0.0208 e. The molecule has 0 aliphatic carbocycles. The van der Waals surface area contributed by atoms with Crippen LogP contribution >= 0.6 is 0 Å². The lowest BCUT2D eigenvalue weighted by atomic mass is 10.00. The lowest BCUT2D eigenvalue weighted by molar-refractivity contribution is 0.412. The first kappa shape index (κ1) is 14.2. The van der Waals surface area contributed by atoms with Crippen molar-refractivity contribution >= 4 is 0 Å². The highest BCUT2D eigenvalue weighted by molar-refractivity contribution is 5.28. The van der Waals surface area contributed by atoms with Crippen LogP contribution in [0.25, 0.3) is 0 Å². The Kier molecular flexibility index (Phi) is 5.70. The molecule has 17 heavy (non-hydrogen) atoms. The fraction of sp³-hybridized carbons (Fsp3) is 0.625. The predicted molar refractivity (Wildman–Crippen MR) is 76.3 cm³/mol. The Morgan fingerprint density at radius 2 is 1.65 bits per heavy atom. The summed E-state index contributed by atoms with van der Waals surface area (Å²) < 4.78 is 0. The van der Waals surface area contributed by atoms with Gasteiger partial charge < -0.3 is 5.32 Å². The van der Waals surface area contributed by atoms with Crippen molar-refractivity contribution in [2.24, 2.45) is 5.92 Å². The normalized spacial score (nSPS) is 14.6. The Labute approximate surface area is 107 Å². The van der Waals surface area contributed by atoms with E-state index in [1.807, 2.05) is 0 Å². The molecule has 1 rings (SSSR count). The van der Waals surface area contributed by atoms with Crippen molar-refractivity contribution < 1.29 is 0 Å². The van der Waals surface area contributed by atoms with E-state index in [0.717, 1.165) is 12.5 Å². The average molecular weight is 233 g/mol. The van der Waals surface area contributed by atoms with E-state index in [2.05, 4.69) is 58.1 Å². The van der Waals surface area contributed by atoms with Gasteiger partial charge in [-0.3, -0.25) is 0 Å². The summed E-state index contributed by atoms with van der Waals surface area (Å²) in [4.78, 5) is 0. The van der Waals surface area contributed by atoms with Crippen molar-refractivity contribution in [1.29, 1.82) is 0 Å². The summed E-state index contributed by atoms with van der Waals surface area (Å²) in [7, 11) is 0. The standard InChI is InChI=1S/C16H27N/c1-6-12(2)8-15(5)17-11-16-9-13(3)7-14(4)10-16/h7,9-10,12,15,17H,6,8,11H2,1-5H3. The van der Waals surface area contributed by atoms with Gasteiger partial charge in [-0.25, -0.2) is 0 Å². The van der Waals surface area contributed by atoms with E-state index in [9.17, 15) is 0 Å². The maximum atomic E-state index is 3.62. The third-order valence-electron chi connectivity index (χ3n) is 3.39. The molecule has 0 bridgehead atoms. The van der Waals surface area contributed by atoms with Gasteiger partial charge in [0.05, 0.1) is 0 Å². The second-order valence-corrected chi connectivity index (χ2v) is 5.53. The summed E-state index contributed by atoms with van der Waals surface area (Å²) in [6.07, 6.45) is 2.54. The Morgan fingerprint density at radius 3 is 2.18 bits per heavy atom. The number of rotatable bonds is 6. The van der Waals surface area contributed by atoms with E-state index in [-0.39, 0.29) is 0 Å². The Balaban J connectivity index is 2.44. The van der Waals surface area contributed by atoms with Gasteiger partial charge in [0.15, 0.2) is 0 Å². The molecule has 96 valence electrons. The van der Waals surface area contributed by atoms with Crippen LogP contribution < -0.4 is 5.32 Å². The minimum Gasteiger partial charge on any atom is -0.310 e. The first-order chi connectivity index (χ1) is 8.01. The van der Waals surface area contributed by atoms with E-state index < -0.39 is 0 Å². The quantitative estimate of drug-likeness (QED) is 0.776. The molecule has 0 fully saturated rings. The largest absolute Gasteiger partial charge is 0.310 e. The third-order valence-corrected chi connectivity index (χ3v) is 3.39. The van der Waals surface area contributed by atoms with Gasteiger partial charge in [-0.15, -0.1) is 0 Å². The minimum absolute atomic E-state index is 0.603. The molecule has 0 amide bonds. The van der Waals surface area contributed by atoms with Gasteiger partial charge in [-0.05, 0) is 38.7 Å². The van der Waals surface area contributed by atoms with Gasteiger partial charge in [-0.1, -0.05) is 49.6 Å². The highest BCUT2D eigenvalue weighted by Gasteiger charge is 2.06. The fourth-order valence-corrected chi connectivity index (χ4v) is 2.32. The molecule has 0 saturated heterocycles. The number of nitrogens with one attached hydrogen (secondary N) is 1. The van der Waals surface area contributed by atoms with Crippen molar-refractivity contribution in [3.8, 4) is 0 Å². The molecule has 2 unspecified atom stereocenters. The highest BCUT2D eigenvalue weighted by Crippen LogP contribution is 2.12. The van der Waals surface area contributed by atoms with Crippen molar-refractivity contribution in [2.45, 2.75) is 60.0 Å². The molecule has 1 heteroatoms. The van der Waals surface area contributed by atoms with Crippen LogP contribution in [0, 0.1) is 19.8 Å². The van der Waals surface area contributed by atoms with E-state index in [1.165, 1.54) is 29.5 Å². The molecule has 1 aromatic carbocycles. The second-order valence-electron chi connectivity index (χ2n) is 5.53. The van der Waals surface area contributed by atoms with Crippen LogP contribution in [-0.4, -0.2) is 6.04 Å². The van der Waals surface area contributed by atoms with Gasteiger partial charge in [-0.2, -0.15) is 0 Å². The van der Waals surface area contributed by atoms with E-state index >= 15 is 0 Å². The molecule has 2 atom stereocenters. The van der Waals surface area contributed by atoms with Crippen LogP contribution in [-0.2, 0) is 6.54 Å². The summed E-state index contributed by atoms with van der Waals surface area (Å²) in [5, 5.41) is 3.62. The van der Waals surface area contributed by atoms with Gasteiger partial charge >= 0.3 is 0 Å². The van der Waals surface area contributed by atoms with E-state index in [1.54, 1.807) is 0 Å². The first-order valence-corrected chi connectivity index (χ1v) is 6.81. The molecular formula is C16H27N. The Morgan fingerprint density at radius 1 is 1.06 bits per heavy atom. The molecule has 1 nitrogen and oxygen atoms in total. The summed E-state index contributed by atoms with van der Waals surface area (Å²) in [5.74, 6) is 0.816. The zero-order valence-electron chi connectivity index (χ0n) is 12.0. The van der Waals surface area contributed by atoms with Crippen LogP contribution in [0.15, 0.2) is 18.2 Å². The molecule has 0 radical (unpaired) electrons. The zero-order valence-corrected chi connectivity index (χ0v) is 12.0. The SMILES string of the molecule is CCC(C)CC(C)NCc1cc(C)cc(C)c1. The van der Waals surface area contributed by atoms with E-state index in [4.69, 9.17) is 0 Å². The predicted octanol–water partition coefficient (Wildman–Crippen LogP) is 4.22. The van der Waals surface area contributed by atoms with Crippen molar-refractivity contribution in [3.05, 3.63) is 34.9 Å². The number of hydrogen-bond donors (Lipinski definition) is 1. The molecule has 0 heterocycles. The molecular weight excluding hydrogens is 206 g/mol. The maximum Gasteiger partial charge on any atom is 0.0208 e. The number of aryl methyl sites for hydroxylation is 2. The molecule has 0 aromatic heterocycles. The zero-order chi connectivity index (χ0) is 12.8. The lowest BCUT2D eigenvalue weighted by Crippen LogP contribution is -2.27. The maximum absolute atomic E-state index is 3.62. The molecule has 0 spiro atoms. The van der Waals surface area contributed by atoms with E-state index in [0.29, 0.717) is 6.04 Å². The van der Waals surface area contributed by atoms with Gasteiger partial charge in [0.25, 0.3) is 0 Å². The van der Waals surface area contributed by atoms with Crippen LogP contribution in [0.3, 0.4) is 0 Å². The third kappa shape index (κ3) is 5.36. The summed E-state index contributed by atoms with van der Waals surface area (Å²) in [6.45, 7) is 12.2. The summed E-state index contributed by atoms with van der Waals surface area (Å²) >= 11 is 0. The topological polar surface area (TPSA) is 12.0 Å². The van der Waals surface area contributed by atoms with Gasteiger partial charge in [0.2, 0.25) is 0 Å². The fourth-order valence-electron chi connectivity index (χ4n) is 2.32. The second kappa shape index (κ2) is 6.80. The van der Waals surface area contributed by atoms with Crippen LogP contribution in [0.2, 0.25) is 0 Å². The van der Waals surface area contributed by atoms with Crippen LogP contribution in [0.4, 0.5) is 0 Å². The van der Waals surface area contributed by atoms with Crippen molar-refractivity contribution in [1.82, 2.24) is 5.32 Å². The summed E-state index contributed by atoms with van der Waals surface area (Å²) in [6, 6.07) is 7.38. The molecule has 0 aliphatic rings. The molecule has 0 aliphatic heterocycles. The van der Waals surface area contributed by atoms with Gasteiger partial charge in [0, 0.05) is 12.6 Å². The molecule has 1 aromatic rings. The first-order valence-electron chi connectivity index (χ1n) is 6.81. The number of benzene rings is 1. The molecule has 0 saturated carbocycles. The Hall–Kier alpha value is -0.820. The highest BCUT2D eigenvalue weighted by atomic mass is 14.9. The minimum atomic E-state index is 0.603. The average Bonchev–Trinajstić information content (AvgIpc) is 2.25. The lowest BCUT2D eigenvalue weighted by Gasteiger charge is -2.18. The Bertz CT molecular complexity index is 323. The van der Waals surface area contributed by atoms with Crippen LogP contribution in [0.5, 0.6) is 0 Å². The summed E-state index contributed by atoms with van der Waals surface area (Å²) in [5.41, 5.74) is 4.12. The van der Waals surface area contributed by atoms with Crippen molar-refractivity contribution in [3.63, 3.8) is 0 Å². The molecule has 1 N–H and O–H groups in total. The van der Waals surface area contributed by atoms with Crippen LogP contribution in [0.1, 0.15) is 50.3 Å². The number of hydrogen-bond acceptors (Lipinski definition) is 1.